The van der Waals surface area contributed by atoms with Gasteiger partial charge in [-0.15, -0.1) is 0 Å². The third-order valence-corrected chi connectivity index (χ3v) is 3.05. The summed E-state index contributed by atoms with van der Waals surface area (Å²) in [5.74, 6) is 0. The van der Waals surface area contributed by atoms with E-state index in [2.05, 4.69) is 12.2 Å². The van der Waals surface area contributed by atoms with E-state index in [4.69, 9.17) is 21.1 Å². The zero-order valence-corrected chi connectivity index (χ0v) is 12.7. The van der Waals surface area contributed by atoms with Crippen LogP contribution in [0.3, 0.4) is 0 Å². The van der Waals surface area contributed by atoms with Gasteiger partial charge in [-0.1, -0.05) is 30.7 Å². The predicted octanol–water partition coefficient (Wildman–Crippen LogP) is 3.43. The molecule has 0 aliphatic rings. The summed E-state index contributed by atoms with van der Waals surface area (Å²) >= 11 is 5.92. The molecule has 2 atom stereocenters. The molecule has 3 nitrogen and oxygen atoms in total. The Labute approximate surface area is 121 Å². The van der Waals surface area contributed by atoms with Gasteiger partial charge in [-0.3, -0.25) is 0 Å². The topological polar surface area (TPSA) is 30.5 Å². The standard InChI is InChI=1S/C15H24ClNO2/c1-4-9-17-10-15(19-12(2)11-18-3)13-5-7-14(16)8-6-13/h5-8,12,15,17H,4,9-11H2,1-3H3. The molecule has 0 amide bonds. The van der Waals surface area contributed by atoms with Crippen LogP contribution < -0.4 is 5.32 Å². The van der Waals surface area contributed by atoms with Crippen molar-refractivity contribution in [2.45, 2.75) is 32.5 Å². The first kappa shape index (κ1) is 16.4. The Morgan fingerprint density at radius 3 is 2.53 bits per heavy atom. The van der Waals surface area contributed by atoms with E-state index < -0.39 is 0 Å². The van der Waals surface area contributed by atoms with Gasteiger partial charge >= 0.3 is 0 Å². The van der Waals surface area contributed by atoms with Gasteiger partial charge in [0, 0.05) is 18.7 Å². The van der Waals surface area contributed by atoms with Crippen LogP contribution >= 0.6 is 11.6 Å². The minimum absolute atomic E-state index is 0.0222. The minimum Gasteiger partial charge on any atom is -0.382 e. The average molecular weight is 286 g/mol. The maximum atomic E-state index is 6.03. The second-order valence-electron chi connectivity index (χ2n) is 4.65. The molecule has 0 saturated heterocycles. The highest BCUT2D eigenvalue weighted by Gasteiger charge is 2.15. The Morgan fingerprint density at radius 1 is 1.26 bits per heavy atom. The Hall–Kier alpha value is -0.610. The van der Waals surface area contributed by atoms with E-state index in [0.717, 1.165) is 30.1 Å². The molecule has 19 heavy (non-hydrogen) atoms. The third kappa shape index (κ3) is 6.39. The number of rotatable bonds is 9. The van der Waals surface area contributed by atoms with Crippen molar-refractivity contribution in [3.8, 4) is 0 Å². The number of hydrogen-bond acceptors (Lipinski definition) is 3. The van der Waals surface area contributed by atoms with Gasteiger partial charge in [-0.2, -0.15) is 0 Å². The van der Waals surface area contributed by atoms with Crippen LogP contribution in [-0.2, 0) is 9.47 Å². The Balaban J connectivity index is 2.64. The van der Waals surface area contributed by atoms with Crippen LogP contribution in [0.1, 0.15) is 31.9 Å². The van der Waals surface area contributed by atoms with E-state index in [-0.39, 0.29) is 12.2 Å². The zero-order chi connectivity index (χ0) is 14.1. The summed E-state index contributed by atoms with van der Waals surface area (Å²) in [4.78, 5) is 0. The number of nitrogens with one attached hydrogen (secondary N) is 1. The molecular weight excluding hydrogens is 262 g/mol. The maximum Gasteiger partial charge on any atom is 0.0954 e. The van der Waals surface area contributed by atoms with E-state index in [1.54, 1.807) is 7.11 Å². The maximum absolute atomic E-state index is 6.03. The molecule has 108 valence electrons. The summed E-state index contributed by atoms with van der Waals surface area (Å²) < 4.78 is 11.2. The largest absolute Gasteiger partial charge is 0.382 e. The number of halogens is 1. The first-order chi connectivity index (χ1) is 9.17. The van der Waals surface area contributed by atoms with Crippen molar-refractivity contribution in [1.82, 2.24) is 5.32 Å². The van der Waals surface area contributed by atoms with Crippen LogP contribution in [0.5, 0.6) is 0 Å². The summed E-state index contributed by atoms with van der Waals surface area (Å²) in [7, 11) is 1.69. The minimum atomic E-state index is 0.0222. The molecule has 0 fully saturated rings. The molecular formula is C15H24ClNO2. The summed E-state index contributed by atoms with van der Waals surface area (Å²) in [5.41, 5.74) is 1.14. The number of methoxy groups -OCH3 is 1. The van der Waals surface area contributed by atoms with E-state index >= 15 is 0 Å². The lowest BCUT2D eigenvalue weighted by Gasteiger charge is -2.23. The van der Waals surface area contributed by atoms with Crippen molar-refractivity contribution in [2.24, 2.45) is 0 Å². The summed E-state index contributed by atoms with van der Waals surface area (Å²) in [6, 6.07) is 7.82. The van der Waals surface area contributed by atoms with E-state index in [9.17, 15) is 0 Å². The zero-order valence-electron chi connectivity index (χ0n) is 12.0. The molecule has 0 saturated carbocycles. The highest BCUT2D eigenvalue weighted by molar-refractivity contribution is 6.30. The van der Waals surface area contributed by atoms with Crippen LogP contribution in [0.15, 0.2) is 24.3 Å². The molecule has 1 rings (SSSR count). The van der Waals surface area contributed by atoms with Crippen molar-refractivity contribution in [2.75, 3.05) is 26.8 Å². The predicted molar refractivity (Wildman–Crippen MR) is 79.8 cm³/mol. The Kier molecular flexibility index (Phi) is 8.07. The molecule has 1 aromatic carbocycles. The van der Waals surface area contributed by atoms with Crippen LogP contribution in [-0.4, -0.2) is 32.9 Å². The van der Waals surface area contributed by atoms with Gasteiger partial charge in [-0.05, 0) is 37.6 Å². The van der Waals surface area contributed by atoms with Gasteiger partial charge in [0.15, 0.2) is 0 Å². The fourth-order valence-electron chi connectivity index (χ4n) is 1.89. The molecule has 4 heteroatoms. The molecule has 0 bridgehead atoms. The third-order valence-electron chi connectivity index (χ3n) is 2.80. The number of benzene rings is 1. The summed E-state index contributed by atoms with van der Waals surface area (Å²) in [5, 5.41) is 4.14. The van der Waals surface area contributed by atoms with Crippen molar-refractivity contribution >= 4 is 11.6 Å². The molecule has 0 radical (unpaired) electrons. The van der Waals surface area contributed by atoms with Gasteiger partial charge < -0.3 is 14.8 Å². The van der Waals surface area contributed by atoms with Gasteiger partial charge in [0.25, 0.3) is 0 Å². The van der Waals surface area contributed by atoms with E-state index in [0.29, 0.717) is 6.61 Å². The first-order valence-corrected chi connectivity index (χ1v) is 7.15. The quantitative estimate of drug-likeness (QED) is 0.705. The monoisotopic (exact) mass is 285 g/mol. The van der Waals surface area contributed by atoms with Crippen LogP contribution in [0.25, 0.3) is 0 Å². The van der Waals surface area contributed by atoms with Gasteiger partial charge in [0.2, 0.25) is 0 Å². The highest BCUT2D eigenvalue weighted by atomic mass is 35.5. The lowest BCUT2D eigenvalue weighted by molar-refractivity contribution is -0.0392. The fraction of sp³-hybridized carbons (Fsp3) is 0.600. The van der Waals surface area contributed by atoms with Crippen LogP contribution in [0.2, 0.25) is 5.02 Å². The summed E-state index contributed by atoms with van der Waals surface area (Å²) in [6.07, 6.45) is 1.20. The lowest BCUT2D eigenvalue weighted by atomic mass is 10.1. The normalized spacial score (nSPS) is 14.3. The molecule has 2 unspecified atom stereocenters. The molecule has 0 aliphatic heterocycles. The SMILES string of the molecule is CCCNCC(OC(C)COC)c1ccc(Cl)cc1. The molecule has 1 aromatic rings. The van der Waals surface area contributed by atoms with Crippen molar-refractivity contribution in [3.63, 3.8) is 0 Å². The molecule has 0 heterocycles. The van der Waals surface area contributed by atoms with E-state index in [1.165, 1.54) is 0 Å². The van der Waals surface area contributed by atoms with Crippen molar-refractivity contribution < 1.29 is 9.47 Å². The second-order valence-corrected chi connectivity index (χ2v) is 5.08. The fourth-order valence-corrected chi connectivity index (χ4v) is 2.01. The second kappa shape index (κ2) is 9.32. The Bertz CT molecular complexity index is 343. The smallest absolute Gasteiger partial charge is 0.0954 e. The molecule has 0 aliphatic carbocycles. The number of hydrogen-bond donors (Lipinski definition) is 1. The summed E-state index contributed by atoms with van der Waals surface area (Å²) in [6.45, 7) is 6.55. The van der Waals surface area contributed by atoms with Gasteiger partial charge in [0.05, 0.1) is 18.8 Å². The molecule has 1 N–H and O–H groups in total. The highest BCUT2D eigenvalue weighted by Crippen LogP contribution is 2.21. The van der Waals surface area contributed by atoms with Crippen molar-refractivity contribution in [3.05, 3.63) is 34.9 Å². The van der Waals surface area contributed by atoms with Crippen LogP contribution in [0, 0.1) is 0 Å². The van der Waals surface area contributed by atoms with Crippen LogP contribution in [0.4, 0.5) is 0 Å². The lowest BCUT2D eigenvalue weighted by Crippen LogP contribution is -2.28. The molecule has 0 aromatic heterocycles. The number of ether oxygens (including phenoxy) is 2. The molecule has 0 spiro atoms. The van der Waals surface area contributed by atoms with Gasteiger partial charge in [0.1, 0.15) is 0 Å². The van der Waals surface area contributed by atoms with Gasteiger partial charge in [-0.25, -0.2) is 0 Å². The van der Waals surface area contributed by atoms with E-state index in [1.807, 2.05) is 31.2 Å². The Morgan fingerprint density at radius 2 is 1.95 bits per heavy atom. The first-order valence-electron chi connectivity index (χ1n) is 6.78. The average Bonchev–Trinajstić information content (AvgIpc) is 2.39. The van der Waals surface area contributed by atoms with Crippen molar-refractivity contribution in [1.29, 1.82) is 0 Å².